The van der Waals surface area contributed by atoms with E-state index in [1.807, 2.05) is 6.08 Å². The van der Waals surface area contributed by atoms with Crippen LogP contribution < -0.4 is 5.32 Å². The van der Waals surface area contributed by atoms with Gasteiger partial charge in [-0.3, -0.25) is 9.59 Å². The molecule has 0 fully saturated rings. The lowest BCUT2D eigenvalue weighted by Gasteiger charge is -2.24. The molecule has 3 unspecified atom stereocenters. The first-order valence-electron chi connectivity index (χ1n) is 24.7. The molecule has 0 heterocycles. The Hall–Kier alpha value is -2.70. The third-order valence-electron chi connectivity index (χ3n) is 10.8. The highest BCUT2D eigenvalue weighted by Crippen LogP contribution is 2.17. The van der Waals surface area contributed by atoms with Gasteiger partial charge in [0, 0.05) is 6.42 Å². The first kappa shape index (κ1) is 56.3. The molecule has 0 aromatic heterocycles. The molecule has 0 aromatic carbocycles. The lowest BCUT2D eigenvalue weighted by molar-refractivity contribution is -0.150. The van der Waals surface area contributed by atoms with Crippen LogP contribution in [-0.4, -0.2) is 46.9 Å². The van der Waals surface area contributed by atoms with Crippen molar-refractivity contribution in [2.45, 2.75) is 244 Å². The summed E-state index contributed by atoms with van der Waals surface area (Å²) in [5.41, 5.74) is 0. The molecular formula is C53H93NO5. The predicted octanol–water partition coefficient (Wildman–Crippen LogP) is 14.6. The van der Waals surface area contributed by atoms with Crippen molar-refractivity contribution < 1.29 is 24.5 Å². The van der Waals surface area contributed by atoms with Crippen LogP contribution >= 0.6 is 0 Å². The molecule has 6 heteroatoms. The molecule has 0 bridgehead atoms. The molecule has 59 heavy (non-hydrogen) atoms. The minimum absolute atomic E-state index is 0.0466. The summed E-state index contributed by atoms with van der Waals surface area (Å²) in [6.45, 7) is 6.32. The number of rotatable bonds is 43. The van der Waals surface area contributed by atoms with E-state index in [-0.39, 0.29) is 31.3 Å². The Labute approximate surface area is 364 Å². The fourth-order valence-corrected chi connectivity index (χ4v) is 7.10. The smallest absolute Gasteiger partial charge is 0.306 e. The summed E-state index contributed by atoms with van der Waals surface area (Å²) in [6, 6.07) is -0.715. The molecule has 0 aliphatic rings. The van der Waals surface area contributed by atoms with Gasteiger partial charge in [-0.15, -0.1) is 0 Å². The van der Waals surface area contributed by atoms with Crippen molar-refractivity contribution in [3.05, 3.63) is 72.9 Å². The number of amides is 1. The van der Waals surface area contributed by atoms with Gasteiger partial charge in [0.25, 0.3) is 0 Å². The van der Waals surface area contributed by atoms with Gasteiger partial charge in [0.1, 0.15) is 6.10 Å². The Morgan fingerprint density at radius 3 is 1.29 bits per heavy atom. The molecule has 3 atom stereocenters. The highest BCUT2D eigenvalue weighted by molar-refractivity contribution is 5.77. The van der Waals surface area contributed by atoms with Crippen molar-refractivity contribution in [1.29, 1.82) is 0 Å². The summed E-state index contributed by atoms with van der Waals surface area (Å²) in [6.07, 6.45) is 58.3. The molecule has 3 N–H and O–H groups in total. The molecular weight excluding hydrogens is 731 g/mol. The maximum absolute atomic E-state index is 13.1. The van der Waals surface area contributed by atoms with Crippen LogP contribution in [0.3, 0.4) is 0 Å². The highest BCUT2D eigenvalue weighted by Gasteiger charge is 2.24. The van der Waals surface area contributed by atoms with Gasteiger partial charge in [-0.2, -0.15) is 0 Å². The minimum atomic E-state index is -0.799. The zero-order valence-corrected chi connectivity index (χ0v) is 38.6. The van der Waals surface area contributed by atoms with Gasteiger partial charge in [0.2, 0.25) is 5.91 Å². The van der Waals surface area contributed by atoms with Crippen LogP contribution in [0.25, 0.3) is 0 Å². The van der Waals surface area contributed by atoms with Gasteiger partial charge in [-0.25, -0.2) is 0 Å². The Morgan fingerprint density at radius 1 is 0.508 bits per heavy atom. The van der Waals surface area contributed by atoms with Crippen LogP contribution in [0.1, 0.15) is 226 Å². The summed E-state index contributed by atoms with van der Waals surface area (Å²) in [5.74, 6) is -0.575. The Bertz CT molecular complexity index is 1110. The van der Waals surface area contributed by atoms with Gasteiger partial charge in [0.05, 0.1) is 25.2 Å². The van der Waals surface area contributed by atoms with Crippen molar-refractivity contribution in [3.63, 3.8) is 0 Å². The lowest BCUT2D eigenvalue weighted by Crippen LogP contribution is -2.46. The molecule has 0 aliphatic carbocycles. The van der Waals surface area contributed by atoms with E-state index in [1.165, 1.54) is 96.3 Å². The van der Waals surface area contributed by atoms with Crippen LogP contribution in [0.2, 0.25) is 0 Å². The number of hydrogen-bond donors (Lipinski definition) is 3. The van der Waals surface area contributed by atoms with Crippen molar-refractivity contribution in [1.82, 2.24) is 5.32 Å². The third-order valence-corrected chi connectivity index (χ3v) is 10.8. The topological polar surface area (TPSA) is 95.9 Å². The number of allylic oxidation sites excluding steroid dienone is 12. The van der Waals surface area contributed by atoms with Crippen molar-refractivity contribution in [2.75, 3.05) is 6.61 Å². The standard InChI is InChI=1S/C53H93NO5/c1-4-7-10-13-16-19-21-23-24-25-26-27-28-29-31-34-37-40-43-46-53(58)59-49(44-41-38-35-33-30-22-20-17-14-11-8-5-2)47-52(57)54-50(48-55)51(56)45-42-39-36-32-18-15-12-9-6-3/h7,10,16,19,23-24,26-27,29,31,37,40,49-51,55-56H,4-6,8-9,11-15,17-18,20-22,25,28,30,32-36,38-39,41-48H2,1-3H3,(H,54,57)/b10-7-,19-16-,24-23-,27-26-,31-29-,40-37-. The Kier molecular flexibility index (Phi) is 44.2. The van der Waals surface area contributed by atoms with Gasteiger partial charge in [-0.05, 0) is 64.2 Å². The molecule has 6 nitrogen and oxygen atoms in total. The fourth-order valence-electron chi connectivity index (χ4n) is 7.10. The average molecular weight is 824 g/mol. The second-order valence-corrected chi connectivity index (χ2v) is 16.5. The number of aliphatic hydroxyl groups is 2. The average Bonchev–Trinajstić information content (AvgIpc) is 3.23. The molecule has 0 aromatic rings. The highest BCUT2D eigenvalue weighted by atomic mass is 16.5. The van der Waals surface area contributed by atoms with E-state index in [0.717, 1.165) is 77.0 Å². The quantitative estimate of drug-likeness (QED) is 0.0323. The Balaban J connectivity index is 4.67. The first-order valence-corrected chi connectivity index (χ1v) is 24.7. The number of carbonyl (C=O) groups is 2. The molecule has 0 saturated carbocycles. The summed E-state index contributed by atoms with van der Waals surface area (Å²) in [4.78, 5) is 26.0. The number of aliphatic hydroxyl groups excluding tert-OH is 2. The fraction of sp³-hybridized carbons (Fsp3) is 0.736. The number of hydrogen-bond acceptors (Lipinski definition) is 5. The van der Waals surface area contributed by atoms with Gasteiger partial charge < -0.3 is 20.3 Å². The molecule has 0 spiro atoms. The van der Waals surface area contributed by atoms with Crippen molar-refractivity contribution >= 4 is 11.9 Å². The van der Waals surface area contributed by atoms with E-state index in [2.05, 4.69) is 92.9 Å². The molecule has 0 rings (SSSR count). The van der Waals surface area contributed by atoms with E-state index in [1.54, 1.807) is 0 Å². The number of ether oxygens (including phenoxy) is 1. The van der Waals surface area contributed by atoms with E-state index in [0.29, 0.717) is 19.3 Å². The number of esters is 1. The summed E-state index contributed by atoms with van der Waals surface area (Å²) in [7, 11) is 0. The van der Waals surface area contributed by atoms with E-state index < -0.39 is 18.2 Å². The normalized spacial score (nSPS) is 13.9. The Morgan fingerprint density at radius 2 is 0.881 bits per heavy atom. The van der Waals surface area contributed by atoms with Crippen molar-refractivity contribution in [2.24, 2.45) is 0 Å². The van der Waals surface area contributed by atoms with Crippen LogP contribution in [0, 0.1) is 0 Å². The van der Waals surface area contributed by atoms with Crippen molar-refractivity contribution in [3.8, 4) is 0 Å². The van der Waals surface area contributed by atoms with Crippen LogP contribution in [-0.2, 0) is 14.3 Å². The van der Waals surface area contributed by atoms with Gasteiger partial charge >= 0.3 is 5.97 Å². The maximum Gasteiger partial charge on any atom is 0.306 e. The second kappa shape index (κ2) is 46.4. The van der Waals surface area contributed by atoms with E-state index in [4.69, 9.17) is 4.74 Å². The molecule has 340 valence electrons. The molecule has 0 saturated heterocycles. The maximum atomic E-state index is 13.1. The van der Waals surface area contributed by atoms with E-state index in [9.17, 15) is 19.8 Å². The summed E-state index contributed by atoms with van der Waals surface area (Å²) < 4.78 is 5.88. The SMILES string of the molecule is CC/C=C\C/C=C\C/C=C\C/C=C\C/C=C\C/C=C\CCC(=O)OC(CCCCCCCCCCCCCC)CC(=O)NC(CO)C(O)CCCCCCCCCCC. The predicted molar refractivity (Wildman–Crippen MR) is 255 cm³/mol. The second-order valence-electron chi connectivity index (χ2n) is 16.5. The molecule has 0 aliphatic heterocycles. The summed E-state index contributed by atoms with van der Waals surface area (Å²) in [5, 5.41) is 23.6. The minimum Gasteiger partial charge on any atom is -0.462 e. The zero-order chi connectivity index (χ0) is 43.1. The number of carbonyl (C=O) groups excluding carboxylic acids is 2. The van der Waals surface area contributed by atoms with Crippen LogP contribution in [0.4, 0.5) is 0 Å². The number of unbranched alkanes of at least 4 members (excludes halogenated alkanes) is 19. The van der Waals surface area contributed by atoms with Gasteiger partial charge in [-0.1, -0.05) is 222 Å². The van der Waals surface area contributed by atoms with E-state index >= 15 is 0 Å². The third kappa shape index (κ3) is 41.8. The van der Waals surface area contributed by atoms with Gasteiger partial charge in [0.15, 0.2) is 0 Å². The first-order chi connectivity index (χ1) is 29.0. The van der Waals surface area contributed by atoms with Crippen LogP contribution in [0.15, 0.2) is 72.9 Å². The molecule has 1 amide bonds. The number of nitrogens with one attached hydrogen (secondary N) is 1. The lowest BCUT2D eigenvalue weighted by atomic mass is 10.0. The zero-order valence-electron chi connectivity index (χ0n) is 38.6. The molecule has 0 radical (unpaired) electrons. The van der Waals surface area contributed by atoms with Crippen LogP contribution in [0.5, 0.6) is 0 Å². The largest absolute Gasteiger partial charge is 0.462 e. The summed E-state index contributed by atoms with van der Waals surface area (Å²) >= 11 is 0. The monoisotopic (exact) mass is 824 g/mol.